The summed E-state index contributed by atoms with van der Waals surface area (Å²) >= 11 is 0. The molecule has 0 bridgehead atoms. The van der Waals surface area contributed by atoms with Gasteiger partial charge in [-0.2, -0.15) is 0 Å². The highest BCUT2D eigenvalue weighted by Gasteiger charge is 2.09. The smallest absolute Gasteiger partial charge is 0.335 e. The van der Waals surface area contributed by atoms with E-state index in [1.54, 1.807) is 6.20 Å². The Labute approximate surface area is 110 Å². The standard InChI is InChI=1S/C15H14FNO2/c1-2-10-3-6-13(17-9-10)7-11-4-5-12(15(18)19)8-14(11)16/h3-6,8-9H,2,7H2,1H3,(H,18,19). The van der Waals surface area contributed by atoms with Crippen molar-refractivity contribution in [2.45, 2.75) is 19.8 Å². The molecule has 0 amide bonds. The Kier molecular flexibility index (Phi) is 3.90. The molecule has 1 aromatic heterocycles. The molecule has 1 N–H and O–H groups in total. The van der Waals surface area contributed by atoms with E-state index in [-0.39, 0.29) is 5.56 Å². The highest BCUT2D eigenvalue weighted by atomic mass is 19.1. The van der Waals surface area contributed by atoms with Crippen LogP contribution in [0.15, 0.2) is 36.5 Å². The van der Waals surface area contributed by atoms with Crippen LogP contribution in [0.2, 0.25) is 0 Å². The van der Waals surface area contributed by atoms with Gasteiger partial charge in [0, 0.05) is 18.3 Å². The number of benzene rings is 1. The summed E-state index contributed by atoms with van der Waals surface area (Å²) in [6.07, 6.45) is 3.05. The van der Waals surface area contributed by atoms with Gasteiger partial charge in [-0.25, -0.2) is 9.18 Å². The Hall–Kier alpha value is -2.23. The monoisotopic (exact) mass is 259 g/mol. The van der Waals surface area contributed by atoms with Crippen molar-refractivity contribution in [3.63, 3.8) is 0 Å². The first kappa shape index (κ1) is 13.2. The molecule has 0 radical (unpaired) electrons. The number of hydrogen-bond acceptors (Lipinski definition) is 2. The normalized spacial score (nSPS) is 10.4. The van der Waals surface area contributed by atoms with Gasteiger partial charge in [0.1, 0.15) is 5.82 Å². The zero-order valence-electron chi connectivity index (χ0n) is 10.6. The highest BCUT2D eigenvalue weighted by molar-refractivity contribution is 5.87. The molecule has 0 aliphatic carbocycles. The summed E-state index contributed by atoms with van der Waals surface area (Å²) in [6.45, 7) is 2.04. The van der Waals surface area contributed by atoms with Crippen molar-refractivity contribution in [1.82, 2.24) is 4.98 Å². The minimum Gasteiger partial charge on any atom is -0.478 e. The molecule has 0 unspecified atom stereocenters. The number of pyridine rings is 1. The number of hydrogen-bond donors (Lipinski definition) is 1. The van der Waals surface area contributed by atoms with Crippen molar-refractivity contribution in [1.29, 1.82) is 0 Å². The van der Waals surface area contributed by atoms with Gasteiger partial charge in [-0.3, -0.25) is 4.98 Å². The van der Waals surface area contributed by atoms with Crippen LogP contribution < -0.4 is 0 Å². The first-order chi connectivity index (χ1) is 9.10. The van der Waals surface area contributed by atoms with Crippen LogP contribution in [-0.4, -0.2) is 16.1 Å². The van der Waals surface area contributed by atoms with E-state index in [0.29, 0.717) is 12.0 Å². The molecule has 0 saturated carbocycles. The van der Waals surface area contributed by atoms with Crippen LogP contribution in [0, 0.1) is 5.82 Å². The summed E-state index contributed by atoms with van der Waals surface area (Å²) in [5.74, 6) is -1.64. The quantitative estimate of drug-likeness (QED) is 0.918. The maximum Gasteiger partial charge on any atom is 0.335 e. The fraction of sp³-hybridized carbons (Fsp3) is 0.200. The van der Waals surface area contributed by atoms with Crippen molar-refractivity contribution in [3.05, 3.63) is 64.7 Å². The summed E-state index contributed by atoms with van der Waals surface area (Å²) in [5, 5.41) is 8.77. The molecule has 4 heteroatoms. The minimum absolute atomic E-state index is 0.0458. The van der Waals surface area contributed by atoms with E-state index < -0.39 is 11.8 Å². The summed E-state index contributed by atoms with van der Waals surface area (Å²) in [5.41, 5.74) is 2.29. The van der Waals surface area contributed by atoms with E-state index >= 15 is 0 Å². The number of carboxylic acid groups (broad SMARTS) is 1. The second-order valence-corrected chi connectivity index (χ2v) is 4.30. The predicted octanol–water partition coefficient (Wildman–Crippen LogP) is 3.07. The summed E-state index contributed by atoms with van der Waals surface area (Å²) in [6, 6.07) is 7.77. The van der Waals surface area contributed by atoms with Crippen molar-refractivity contribution in [2.24, 2.45) is 0 Å². The van der Waals surface area contributed by atoms with Crippen molar-refractivity contribution < 1.29 is 14.3 Å². The molecule has 1 aromatic carbocycles. The summed E-state index contributed by atoms with van der Waals surface area (Å²) < 4.78 is 13.8. The molecule has 3 nitrogen and oxygen atoms in total. The molecule has 0 spiro atoms. The first-order valence-corrected chi connectivity index (χ1v) is 6.05. The van der Waals surface area contributed by atoms with Crippen molar-refractivity contribution in [3.8, 4) is 0 Å². The van der Waals surface area contributed by atoms with Gasteiger partial charge in [0.2, 0.25) is 0 Å². The number of halogens is 1. The van der Waals surface area contributed by atoms with Crippen LogP contribution in [0.4, 0.5) is 4.39 Å². The third-order valence-electron chi connectivity index (χ3n) is 2.97. The molecule has 2 aromatic rings. The zero-order valence-corrected chi connectivity index (χ0v) is 10.6. The highest BCUT2D eigenvalue weighted by Crippen LogP contribution is 2.14. The molecule has 98 valence electrons. The lowest BCUT2D eigenvalue weighted by Crippen LogP contribution is -2.01. The molecule has 0 aliphatic rings. The molecule has 19 heavy (non-hydrogen) atoms. The second kappa shape index (κ2) is 5.61. The van der Waals surface area contributed by atoms with E-state index in [1.165, 1.54) is 12.1 Å². The Bertz CT molecular complexity index is 594. The molecule has 0 atom stereocenters. The SMILES string of the molecule is CCc1ccc(Cc2ccc(C(=O)O)cc2F)nc1. The number of nitrogens with zero attached hydrogens (tertiary/aromatic N) is 1. The number of carboxylic acids is 1. The number of carbonyl (C=O) groups is 1. The number of aryl methyl sites for hydroxylation is 1. The lowest BCUT2D eigenvalue weighted by atomic mass is 10.1. The average Bonchev–Trinajstić information content (AvgIpc) is 2.41. The molecular formula is C15H14FNO2. The van der Waals surface area contributed by atoms with Gasteiger partial charge in [-0.1, -0.05) is 19.1 Å². The number of aromatic nitrogens is 1. The Morgan fingerprint density at radius 1 is 1.32 bits per heavy atom. The van der Waals surface area contributed by atoms with E-state index in [9.17, 15) is 9.18 Å². The van der Waals surface area contributed by atoms with Crippen LogP contribution in [0.5, 0.6) is 0 Å². The maximum atomic E-state index is 13.8. The van der Waals surface area contributed by atoms with Crippen LogP contribution in [0.1, 0.15) is 34.1 Å². The molecular weight excluding hydrogens is 245 g/mol. The number of aromatic carboxylic acids is 1. The molecule has 0 fully saturated rings. The van der Waals surface area contributed by atoms with Crippen LogP contribution in [-0.2, 0) is 12.8 Å². The van der Waals surface area contributed by atoms with Crippen LogP contribution >= 0.6 is 0 Å². The molecule has 0 aliphatic heterocycles. The van der Waals surface area contributed by atoms with Crippen molar-refractivity contribution >= 4 is 5.97 Å². The third-order valence-corrected chi connectivity index (χ3v) is 2.97. The predicted molar refractivity (Wildman–Crippen MR) is 69.8 cm³/mol. The Balaban J connectivity index is 2.20. The van der Waals surface area contributed by atoms with Gasteiger partial charge in [0.25, 0.3) is 0 Å². The Morgan fingerprint density at radius 3 is 2.63 bits per heavy atom. The minimum atomic E-state index is -1.13. The largest absolute Gasteiger partial charge is 0.478 e. The van der Waals surface area contributed by atoms with Gasteiger partial charge >= 0.3 is 5.97 Å². The van der Waals surface area contributed by atoms with Crippen LogP contribution in [0.25, 0.3) is 0 Å². The van der Waals surface area contributed by atoms with E-state index in [0.717, 1.165) is 23.7 Å². The van der Waals surface area contributed by atoms with Gasteiger partial charge in [-0.05, 0) is 35.7 Å². The molecule has 1 heterocycles. The number of rotatable bonds is 4. The van der Waals surface area contributed by atoms with Crippen LogP contribution in [0.3, 0.4) is 0 Å². The van der Waals surface area contributed by atoms with Gasteiger partial charge in [0.05, 0.1) is 5.56 Å². The zero-order chi connectivity index (χ0) is 13.8. The summed E-state index contributed by atoms with van der Waals surface area (Å²) in [4.78, 5) is 15.0. The van der Waals surface area contributed by atoms with E-state index in [2.05, 4.69) is 4.98 Å². The molecule has 0 saturated heterocycles. The average molecular weight is 259 g/mol. The Morgan fingerprint density at radius 2 is 2.11 bits per heavy atom. The van der Waals surface area contributed by atoms with E-state index in [1.807, 2.05) is 19.1 Å². The fourth-order valence-corrected chi connectivity index (χ4v) is 1.79. The van der Waals surface area contributed by atoms with E-state index in [4.69, 9.17) is 5.11 Å². The third kappa shape index (κ3) is 3.16. The summed E-state index contributed by atoms with van der Waals surface area (Å²) in [7, 11) is 0. The van der Waals surface area contributed by atoms with Gasteiger partial charge < -0.3 is 5.11 Å². The lowest BCUT2D eigenvalue weighted by Gasteiger charge is -2.05. The van der Waals surface area contributed by atoms with Gasteiger partial charge in [0.15, 0.2) is 0 Å². The van der Waals surface area contributed by atoms with Crippen molar-refractivity contribution in [2.75, 3.05) is 0 Å². The second-order valence-electron chi connectivity index (χ2n) is 4.30. The lowest BCUT2D eigenvalue weighted by molar-refractivity contribution is 0.0696. The first-order valence-electron chi connectivity index (χ1n) is 6.05. The van der Waals surface area contributed by atoms with Gasteiger partial charge in [-0.15, -0.1) is 0 Å². The topological polar surface area (TPSA) is 50.2 Å². The fourth-order valence-electron chi connectivity index (χ4n) is 1.79. The maximum absolute atomic E-state index is 13.8. The molecule has 2 rings (SSSR count).